The fourth-order valence-electron chi connectivity index (χ4n) is 1.87. The predicted octanol–water partition coefficient (Wildman–Crippen LogP) is 0.0324. The van der Waals surface area contributed by atoms with Crippen molar-refractivity contribution in [1.29, 1.82) is 5.26 Å². The smallest absolute Gasteiger partial charge is 0.334 e. The molecule has 1 heterocycles. The number of morpholine rings is 1. The quantitative estimate of drug-likeness (QED) is 0.843. The van der Waals surface area contributed by atoms with E-state index in [1.807, 2.05) is 6.07 Å². The van der Waals surface area contributed by atoms with Gasteiger partial charge in [-0.25, -0.2) is 13.2 Å². The molecule has 1 fully saturated rings. The third kappa shape index (κ3) is 2.80. The monoisotopic (exact) mass is 296 g/mol. The van der Waals surface area contributed by atoms with Crippen molar-refractivity contribution in [3.8, 4) is 6.07 Å². The number of hydrogen-bond acceptors (Lipinski definition) is 5. The lowest BCUT2D eigenvalue weighted by atomic mass is 10.2. The molecule has 1 aliphatic rings. The van der Waals surface area contributed by atoms with Crippen LogP contribution in [0.1, 0.15) is 5.56 Å². The van der Waals surface area contributed by atoms with Gasteiger partial charge in [-0.1, -0.05) is 6.07 Å². The van der Waals surface area contributed by atoms with Gasteiger partial charge in [0.1, 0.15) is 0 Å². The summed E-state index contributed by atoms with van der Waals surface area (Å²) < 4.78 is 30.8. The molecule has 1 N–H and O–H groups in total. The summed E-state index contributed by atoms with van der Waals surface area (Å²) in [5.41, 5.74) is 0.231. The van der Waals surface area contributed by atoms with Gasteiger partial charge in [0.2, 0.25) is 10.0 Å². The van der Waals surface area contributed by atoms with Crippen molar-refractivity contribution in [1.82, 2.24) is 4.31 Å². The number of sulfonamides is 1. The van der Waals surface area contributed by atoms with E-state index in [4.69, 9.17) is 15.1 Å². The Hall–Kier alpha value is -1.95. The van der Waals surface area contributed by atoms with Gasteiger partial charge in [-0.3, -0.25) is 0 Å². The van der Waals surface area contributed by atoms with E-state index in [0.29, 0.717) is 0 Å². The first-order valence-electron chi connectivity index (χ1n) is 5.80. The van der Waals surface area contributed by atoms with Crippen LogP contribution in [0.5, 0.6) is 0 Å². The molecule has 1 saturated heterocycles. The number of benzene rings is 1. The van der Waals surface area contributed by atoms with E-state index >= 15 is 0 Å². The Labute approximate surface area is 116 Å². The third-order valence-corrected chi connectivity index (χ3v) is 4.77. The Morgan fingerprint density at radius 1 is 1.50 bits per heavy atom. The minimum Gasteiger partial charge on any atom is -0.479 e. The summed E-state index contributed by atoms with van der Waals surface area (Å²) in [4.78, 5) is 10.8. The molecule has 2 rings (SSSR count). The molecule has 1 aromatic rings. The van der Waals surface area contributed by atoms with Crippen molar-refractivity contribution in [2.45, 2.75) is 11.0 Å². The Morgan fingerprint density at radius 3 is 2.90 bits per heavy atom. The Kier molecular flexibility index (Phi) is 4.04. The first-order chi connectivity index (χ1) is 9.45. The summed E-state index contributed by atoms with van der Waals surface area (Å²) in [6.45, 7) is -0.133. The van der Waals surface area contributed by atoms with E-state index in [9.17, 15) is 13.2 Å². The van der Waals surface area contributed by atoms with Crippen LogP contribution in [0.4, 0.5) is 0 Å². The van der Waals surface area contributed by atoms with E-state index in [1.165, 1.54) is 24.3 Å². The molecule has 106 valence electrons. The minimum atomic E-state index is -3.82. The maximum atomic E-state index is 12.4. The summed E-state index contributed by atoms with van der Waals surface area (Å²) in [5.74, 6) is -1.20. The second-order valence-corrected chi connectivity index (χ2v) is 6.14. The molecule has 0 aliphatic carbocycles. The molecule has 0 spiro atoms. The zero-order valence-electron chi connectivity index (χ0n) is 10.4. The maximum absolute atomic E-state index is 12.4. The fraction of sp³-hybridized carbons (Fsp3) is 0.333. The van der Waals surface area contributed by atoms with Crippen LogP contribution in [0.25, 0.3) is 0 Å². The SMILES string of the molecule is N#Cc1cccc(S(=O)(=O)N2CCOC(C(=O)O)C2)c1. The van der Waals surface area contributed by atoms with Crippen LogP contribution < -0.4 is 0 Å². The Morgan fingerprint density at radius 2 is 2.25 bits per heavy atom. The Balaban J connectivity index is 2.30. The average molecular weight is 296 g/mol. The van der Waals surface area contributed by atoms with Gasteiger partial charge in [-0.2, -0.15) is 9.57 Å². The van der Waals surface area contributed by atoms with E-state index < -0.39 is 22.1 Å². The number of ether oxygens (including phenoxy) is 1. The van der Waals surface area contributed by atoms with Crippen LogP contribution in [-0.4, -0.2) is 49.6 Å². The molecular weight excluding hydrogens is 284 g/mol. The molecule has 1 atom stereocenters. The zero-order valence-corrected chi connectivity index (χ0v) is 11.2. The van der Waals surface area contributed by atoms with E-state index in [-0.39, 0.29) is 30.2 Å². The number of aliphatic carboxylic acids is 1. The lowest BCUT2D eigenvalue weighted by molar-refractivity contribution is -0.153. The van der Waals surface area contributed by atoms with Gasteiger partial charge in [-0.15, -0.1) is 0 Å². The average Bonchev–Trinajstić information content (AvgIpc) is 2.47. The van der Waals surface area contributed by atoms with Crippen LogP contribution in [-0.2, 0) is 19.6 Å². The largest absolute Gasteiger partial charge is 0.479 e. The first kappa shape index (κ1) is 14.5. The van der Waals surface area contributed by atoms with Crippen molar-refractivity contribution in [3.63, 3.8) is 0 Å². The van der Waals surface area contributed by atoms with Crippen LogP contribution in [0.3, 0.4) is 0 Å². The summed E-state index contributed by atoms with van der Waals surface area (Å²) in [5, 5.41) is 17.7. The molecule has 0 radical (unpaired) electrons. The number of carboxylic acid groups (broad SMARTS) is 1. The zero-order chi connectivity index (χ0) is 14.8. The number of rotatable bonds is 3. The number of nitrogens with zero attached hydrogens (tertiary/aromatic N) is 2. The van der Waals surface area contributed by atoms with Crippen LogP contribution in [0.2, 0.25) is 0 Å². The van der Waals surface area contributed by atoms with Gasteiger partial charge >= 0.3 is 5.97 Å². The lowest BCUT2D eigenvalue weighted by Crippen LogP contribution is -2.48. The second kappa shape index (κ2) is 5.58. The van der Waals surface area contributed by atoms with Crippen LogP contribution >= 0.6 is 0 Å². The molecule has 1 unspecified atom stereocenters. The van der Waals surface area contributed by atoms with Crippen molar-refractivity contribution >= 4 is 16.0 Å². The molecular formula is C12H12N2O5S. The first-order valence-corrected chi connectivity index (χ1v) is 7.24. The van der Waals surface area contributed by atoms with Gasteiger partial charge in [-0.05, 0) is 18.2 Å². The van der Waals surface area contributed by atoms with Crippen molar-refractivity contribution in [3.05, 3.63) is 29.8 Å². The topological polar surface area (TPSA) is 108 Å². The summed E-state index contributed by atoms with van der Waals surface area (Å²) >= 11 is 0. The molecule has 7 nitrogen and oxygen atoms in total. The highest BCUT2D eigenvalue weighted by Gasteiger charge is 2.34. The Bertz CT molecular complexity index is 665. The predicted molar refractivity (Wildman–Crippen MR) is 67.3 cm³/mol. The van der Waals surface area contributed by atoms with E-state index in [1.54, 1.807) is 0 Å². The van der Waals surface area contributed by atoms with E-state index in [0.717, 1.165) is 4.31 Å². The van der Waals surface area contributed by atoms with Gasteiger partial charge in [0.05, 0.1) is 29.7 Å². The molecule has 20 heavy (non-hydrogen) atoms. The number of hydrogen-bond donors (Lipinski definition) is 1. The third-order valence-electron chi connectivity index (χ3n) is 2.91. The summed E-state index contributed by atoms with van der Waals surface area (Å²) in [6.07, 6.45) is -1.17. The van der Waals surface area contributed by atoms with Crippen molar-refractivity contribution < 1.29 is 23.1 Å². The maximum Gasteiger partial charge on any atom is 0.334 e. The highest BCUT2D eigenvalue weighted by Crippen LogP contribution is 2.19. The van der Waals surface area contributed by atoms with Gasteiger partial charge in [0.15, 0.2) is 6.10 Å². The second-order valence-electron chi connectivity index (χ2n) is 4.20. The van der Waals surface area contributed by atoms with E-state index in [2.05, 4.69) is 0 Å². The van der Waals surface area contributed by atoms with Gasteiger partial charge in [0.25, 0.3) is 0 Å². The number of nitriles is 1. The number of carboxylic acids is 1. The lowest BCUT2D eigenvalue weighted by Gasteiger charge is -2.30. The standard InChI is InChI=1S/C12H12N2O5S/c13-7-9-2-1-3-10(6-9)20(17,18)14-4-5-19-11(8-14)12(15)16/h1-3,6,11H,4-5,8H2,(H,15,16). The van der Waals surface area contributed by atoms with Crippen LogP contribution in [0.15, 0.2) is 29.2 Å². The molecule has 1 aromatic carbocycles. The van der Waals surface area contributed by atoms with Gasteiger partial charge < -0.3 is 9.84 Å². The molecule has 0 saturated carbocycles. The normalized spacial score (nSPS) is 20.2. The molecule has 0 amide bonds. The highest BCUT2D eigenvalue weighted by molar-refractivity contribution is 7.89. The van der Waals surface area contributed by atoms with Gasteiger partial charge in [0, 0.05) is 6.54 Å². The number of carbonyl (C=O) groups is 1. The summed E-state index contributed by atoms with van der Waals surface area (Å²) in [6, 6.07) is 7.48. The highest BCUT2D eigenvalue weighted by atomic mass is 32.2. The molecule has 0 aromatic heterocycles. The molecule has 0 bridgehead atoms. The van der Waals surface area contributed by atoms with Crippen LogP contribution in [0, 0.1) is 11.3 Å². The molecule has 1 aliphatic heterocycles. The fourth-order valence-corrected chi connectivity index (χ4v) is 3.34. The van der Waals surface area contributed by atoms with Crippen molar-refractivity contribution in [2.24, 2.45) is 0 Å². The minimum absolute atomic E-state index is 0.0220. The molecule has 8 heteroatoms. The summed E-state index contributed by atoms with van der Waals surface area (Å²) in [7, 11) is -3.82. The van der Waals surface area contributed by atoms with Crippen molar-refractivity contribution in [2.75, 3.05) is 19.7 Å².